The van der Waals surface area contributed by atoms with Crippen LogP contribution in [0.2, 0.25) is 0 Å². The molecule has 7 heteroatoms. The molecule has 5 rings (SSSR count). The predicted octanol–water partition coefficient (Wildman–Crippen LogP) is 6.79. The van der Waals surface area contributed by atoms with Gasteiger partial charge in [-0.05, 0) is 93.0 Å². The van der Waals surface area contributed by atoms with Gasteiger partial charge in [-0.25, -0.2) is 0 Å². The fraction of sp³-hybridized carbons (Fsp3) is 0.281. The number of hydrogen-bond donors (Lipinski definition) is 0. The highest BCUT2D eigenvalue weighted by Crippen LogP contribution is 2.41. The van der Waals surface area contributed by atoms with Gasteiger partial charge in [-0.1, -0.05) is 18.6 Å². The molecule has 0 radical (unpaired) electrons. The lowest BCUT2D eigenvalue weighted by Crippen LogP contribution is -2.33. The van der Waals surface area contributed by atoms with Gasteiger partial charge >= 0.3 is 5.97 Å². The summed E-state index contributed by atoms with van der Waals surface area (Å²) in [5.74, 6) is 0.661. The monoisotopic (exact) mass is 541 g/mol. The molecule has 1 aromatic heterocycles. The minimum Gasteiger partial charge on any atom is -0.492 e. The lowest BCUT2D eigenvalue weighted by Gasteiger charge is -2.26. The molecular weight excluding hydrogens is 510 g/mol. The summed E-state index contributed by atoms with van der Waals surface area (Å²) in [6.45, 7) is 6.68. The molecule has 1 fully saturated rings. The topological polar surface area (TPSA) is 72.9 Å². The number of fused-ring (bicyclic) bond motifs is 1. The van der Waals surface area contributed by atoms with Crippen molar-refractivity contribution in [3.8, 4) is 21.9 Å². The third kappa shape index (κ3) is 6.27. The molecule has 200 valence electrons. The molecule has 0 aliphatic carbocycles. The molecule has 0 amide bonds. The maximum absolute atomic E-state index is 13.9. The zero-order chi connectivity index (χ0) is 27.4. The number of ketones is 2. The highest BCUT2D eigenvalue weighted by Gasteiger charge is 2.22. The van der Waals surface area contributed by atoms with Crippen LogP contribution in [0.4, 0.5) is 0 Å². The van der Waals surface area contributed by atoms with Crippen molar-refractivity contribution in [3.05, 3.63) is 83.4 Å². The Hall–Kier alpha value is -3.81. The Kier molecular flexibility index (Phi) is 8.19. The fourth-order valence-electron chi connectivity index (χ4n) is 4.91. The summed E-state index contributed by atoms with van der Waals surface area (Å²) in [7, 11) is 0. The molecule has 0 spiro atoms. The first-order valence-corrected chi connectivity index (χ1v) is 14.1. The van der Waals surface area contributed by atoms with Gasteiger partial charge in [-0.2, -0.15) is 0 Å². The van der Waals surface area contributed by atoms with E-state index >= 15 is 0 Å². The van der Waals surface area contributed by atoms with Gasteiger partial charge in [-0.3, -0.25) is 19.3 Å². The van der Waals surface area contributed by atoms with E-state index in [4.69, 9.17) is 9.47 Å². The number of esters is 1. The van der Waals surface area contributed by atoms with Crippen molar-refractivity contribution in [3.63, 3.8) is 0 Å². The van der Waals surface area contributed by atoms with Crippen molar-refractivity contribution >= 4 is 39.0 Å². The highest BCUT2D eigenvalue weighted by molar-refractivity contribution is 7.22. The quantitative estimate of drug-likeness (QED) is 0.132. The van der Waals surface area contributed by atoms with Crippen LogP contribution in [0.15, 0.2) is 66.7 Å². The number of nitrogens with zero attached hydrogens (tertiary/aromatic N) is 1. The summed E-state index contributed by atoms with van der Waals surface area (Å²) >= 11 is 1.47. The lowest BCUT2D eigenvalue weighted by molar-refractivity contribution is -0.131. The molecular formula is C32H31NO5S. The first-order valence-electron chi connectivity index (χ1n) is 13.3. The second kappa shape index (κ2) is 11.9. The molecule has 0 bridgehead atoms. The van der Waals surface area contributed by atoms with Crippen molar-refractivity contribution < 1.29 is 23.9 Å². The number of thiophene rings is 1. The molecule has 3 aromatic carbocycles. The van der Waals surface area contributed by atoms with Crippen molar-refractivity contribution in [2.75, 3.05) is 26.2 Å². The highest BCUT2D eigenvalue weighted by atomic mass is 32.1. The van der Waals surface area contributed by atoms with E-state index in [1.54, 1.807) is 30.3 Å². The summed E-state index contributed by atoms with van der Waals surface area (Å²) in [5.41, 5.74) is 2.58. The Balaban J connectivity index is 1.42. The number of ether oxygens (including phenoxy) is 2. The van der Waals surface area contributed by atoms with Crippen LogP contribution < -0.4 is 9.47 Å². The Morgan fingerprint density at radius 2 is 1.49 bits per heavy atom. The van der Waals surface area contributed by atoms with E-state index in [0.717, 1.165) is 45.9 Å². The molecule has 1 saturated heterocycles. The molecule has 0 N–H and O–H groups in total. The van der Waals surface area contributed by atoms with Crippen LogP contribution in [-0.2, 0) is 4.79 Å². The van der Waals surface area contributed by atoms with Crippen LogP contribution in [-0.4, -0.2) is 48.7 Å². The van der Waals surface area contributed by atoms with Crippen LogP contribution in [0.25, 0.3) is 20.5 Å². The molecule has 1 aliphatic heterocycles. The van der Waals surface area contributed by atoms with Crippen LogP contribution in [0.3, 0.4) is 0 Å². The van der Waals surface area contributed by atoms with E-state index in [9.17, 15) is 14.4 Å². The van der Waals surface area contributed by atoms with Gasteiger partial charge < -0.3 is 9.47 Å². The van der Waals surface area contributed by atoms with Crippen molar-refractivity contribution in [2.45, 2.75) is 33.1 Å². The van der Waals surface area contributed by atoms with Gasteiger partial charge in [-0.15, -0.1) is 11.3 Å². The summed E-state index contributed by atoms with van der Waals surface area (Å²) in [4.78, 5) is 40.5. The normalized spacial score (nSPS) is 13.8. The molecule has 1 aliphatic rings. The van der Waals surface area contributed by atoms with Crippen molar-refractivity contribution in [2.24, 2.45) is 0 Å². The number of benzene rings is 3. The summed E-state index contributed by atoms with van der Waals surface area (Å²) in [5, 5.41) is 0.802. The van der Waals surface area contributed by atoms with Crippen LogP contribution in [0, 0.1) is 0 Å². The summed E-state index contributed by atoms with van der Waals surface area (Å²) in [6, 6.07) is 19.9. The first kappa shape index (κ1) is 26.8. The van der Waals surface area contributed by atoms with E-state index in [1.165, 1.54) is 44.4 Å². The fourth-order valence-corrected chi connectivity index (χ4v) is 6.15. The lowest BCUT2D eigenvalue weighted by atomic mass is 9.96. The molecule has 0 atom stereocenters. The molecule has 0 unspecified atom stereocenters. The number of carbonyl (C=O) groups is 3. The van der Waals surface area contributed by atoms with Gasteiger partial charge in [0.25, 0.3) is 0 Å². The summed E-state index contributed by atoms with van der Waals surface area (Å²) in [6.07, 6.45) is 3.82. The van der Waals surface area contributed by atoms with Crippen LogP contribution >= 0.6 is 11.3 Å². The van der Waals surface area contributed by atoms with Crippen molar-refractivity contribution in [1.29, 1.82) is 0 Å². The van der Waals surface area contributed by atoms with Crippen molar-refractivity contribution in [1.82, 2.24) is 4.90 Å². The minimum atomic E-state index is -0.392. The Bertz CT molecular complexity index is 1500. The second-order valence-corrected chi connectivity index (χ2v) is 10.8. The maximum Gasteiger partial charge on any atom is 0.308 e. The van der Waals surface area contributed by atoms with Gasteiger partial charge in [0, 0.05) is 45.1 Å². The maximum atomic E-state index is 13.9. The van der Waals surface area contributed by atoms with Crippen LogP contribution in [0.1, 0.15) is 59.4 Å². The van der Waals surface area contributed by atoms with E-state index < -0.39 is 5.97 Å². The zero-order valence-electron chi connectivity index (χ0n) is 22.2. The number of piperidine rings is 1. The molecule has 39 heavy (non-hydrogen) atoms. The smallest absolute Gasteiger partial charge is 0.308 e. The van der Waals surface area contributed by atoms with Gasteiger partial charge in [0.05, 0.1) is 0 Å². The molecule has 4 aromatic rings. The number of Topliss-reactive ketones (excluding diaryl/α,β-unsaturated/α-hetero) is 1. The van der Waals surface area contributed by atoms with E-state index in [-0.39, 0.29) is 11.6 Å². The van der Waals surface area contributed by atoms with E-state index in [0.29, 0.717) is 29.0 Å². The SMILES string of the molecule is CC(=O)Oc1ccc(-c2sc3cc(C(C)=O)ccc3c2C(=O)c2ccc(OCCN3CCCCC3)cc2)cc1. The Labute approximate surface area is 232 Å². The minimum absolute atomic E-state index is 0.0265. The zero-order valence-corrected chi connectivity index (χ0v) is 23.0. The number of carbonyl (C=O) groups excluding carboxylic acids is 3. The van der Waals surface area contributed by atoms with Gasteiger partial charge in [0.15, 0.2) is 11.6 Å². The molecule has 0 saturated carbocycles. The first-order chi connectivity index (χ1) is 18.9. The third-order valence-electron chi connectivity index (χ3n) is 6.94. The number of rotatable bonds is 9. The van der Waals surface area contributed by atoms with E-state index in [1.807, 2.05) is 36.4 Å². The average Bonchev–Trinajstić information content (AvgIpc) is 3.32. The molecule has 2 heterocycles. The second-order valence-electron chi connectivity index (χ2n) is 9.80. The Morgan fingerprint density at radius 1 is 0.821 bits per heavy atom. The summed E-state index contributed by atoms with van der Waals surface area (Å²) < 4.78 is 12.0. The van der Waals surface area contributed by atoms with Crippen LogP contribution in [0.5, 0.6) is 11.5 Å². The predicted molar refractivity (Wildman–Crippen MR) is 154 cm³/mol. The number of likely N-dealkylation sites (tertiary alicyclic amines) is 1. The van der Waals surface area contributed by atoms with Gasteiger partial charge in [0.1, 0.15) is 18.1 Å². The molecule has 6 nitrogen and oxygen atoms in total. The van der Waals surface area contributed by atoms with Gasteiger partial charge in [0.2, 0.25) is 0 Å². The average molecular weight is 542 g/mol. The Morgan fingerprint density at radius 3 is 2.15 bits per heavy atom. The van der Waals surface area contributed by atoms with E-state index in [2.05, 4.69) is 4.90 Å². The number of hydrogen-bond acceptors (Lipinski definition) is 7. The standard InChI is InChI=1S/C32H31NO5S/c1-21(34)25-10-15-28-29(20-25)39-32(24-8-13-27(14-9-24)38-22(2)35)30(28)31(36)23-6-11-26(12-7-23)37-19-18-33-16-4-3-5-17-33/h6-15,20H,3-5,16-19H2,1-2H3. The largest absolute Gasteiger partial charge is 0.492 e. The third-order valence-corrected chi connectivity index (χ3v) is 8.14.